The average molecular weight is 214 g/mol. The second-order valence-electron chi connectivity index (χ2n) is 4.47. The van der Waals surface area contributed by atoms with Gasteiger partial charge in [-0.2, -0.15) is 0 Å². The van der Waals surface area contributed by atoms with Gasteiger partial charge in [0.1, 0.15) is 5.78 Å². The van der Waals surface area contributed by atoms with Crippen molar-refractivity contribution in [1.29, 1.82) is 0 Å². The van der Waals surface area contributed by atoms with E-state index in [1.54, 1.807) is 6.92 Å². The molecule has 0 amide bonds. The van der Waals surface area contributed by atoms with E-state index >= 15 is 0 Å². The Morgan fingerprint density at radius 3 is 2.40 bits per heavy atom. The first-order valence-electron chi connectivity index (χ1n) is 6.19. The summed E-state index contributed by atoms with van der Waals surface area (Å²) in [6.07, 6.45) is 4.96. The molecule has 15 heavy (non-hydrogen) atoms. The van der Waals surface area contributed by atoms with Gasteiger partial charge in [0.05, 0.1) is 6.61 Å². The molecule has 2 heteroatoms. The maximum Gasteiger partial charge on any atom is 0.134 e. The molecule has 0 aliphatic heterocycles. The number of rotatable bonds is 9. The Labute approximate surface area is 94.4 Å². The summed E-state index contributed by atoms with van der Waals surface area (Å²) in [6, 6.07) is 0. The molecule has 0 aromatic heterocycles. The molecule has 0 saturated heterocycles. The van der Waals surface area contributed by atoms with E-state index in [-0.39, 0.29) is 11.7 Å². The predicted octanol–water partition coefficient (Wildman–Crippen LogP) is 3.44. The van der Waals surface area contributed by atoms with Gasteiger partial charge < -0.3 is 4.74 Å². The topological polar surface area (TPSA) is 26.3 Å². The minimum absolute atomic E-state index is 0.0497. The molecule has 0 fully saturated rings. The maximum atomic E-state index is 11.0. The van der Waals surface area contributed by atoms with Crippen molar-refractivity contribution >= 4 is 5.78 Å². The van der Waals surface area contributed by atoms with Gasteiger partial charge >= 0.3 is 0 Å². The van der Waals surface area contributed by atoms with Gasteiger partial charge in [0.15, 0.2) is 0 Å². The van der Waals surface area contributed by atoms with Gasteiger partial charge in [-0.05, 0) is 19.3 Å². The molecule has 2 atom stereocenters. The second kappa shape index (κ2) is 8.90. The Morgan fingerprint density at radius 1 is 1.27 bits per heavy atom. The molecule has 0 bridgehead atoms. The Balaban J connectivity index is 3.57. The summed E-state index contributed by atoms with van der Waals surface area (Å²) < 4.78 is 5.59. The van der Waals surface area contributed by atoms with Crippen LogP contribution < -0.4 is 0 Å². The van der Waals surface area contributed by atoms with Gasteiger partial charge in [-0.3, -0.25) is 4.79 Å². The predicted molar refractivity (Wildman–Crippen MR) is 64.0 cm³/mol. The van der Waals surface area contributed by atoms with E-state index in [4.69, 9.17) is 4.74 Å². The zero-order valence-electron chi connectivity index (χ0n) is 10.7. The van der Waals surface area contributed by atoms with Crippen LogP contribution in [-0.4, -0.2) is 19.0 Å². The van der Waals surface area contributed by atoms with Crippen molar-refractivity contribution < 1.29 is 9.53 Å². The van der Waals surface area contributed by atoms with E-state index in [9.17, 15) is 4.79 Å². The van der Waals surface area contributed by atoms with E-state index in [2.05, 4.69) is 13.8 Å². The lowest BCUT2D eigenvalue weighted by molar-refractivity contribution is -0.122. The summed E-state index contributed by atoms with van der Waals surface area (Å²) in [5.41, 5.74) is 0. The van der Waals surface area contributed by atoms with Crippen LogP contribution in [0.2, 0.25) is 0 Å². The Hall–Kier alpha value is -0.370. The highest BCUT2D eigenvalue weighted by atomic mass is 16.5. The fourth-order valence-corrected chi connectivity index (χ4v) is 1.43. The molecule has 0 radical (unpaired) electrons. The third-order valence-corrected chi connectivity index (χ3v) is 2.96. The van der Waals surface area contributed by atoms with Crippen LogP contribution in [0.1, 0.15) is 53.4 Å². The Morgan fingerprint density at radius 2 is 1.93 bits per heavy atom. The molecule has 0 spiro atoms. The summed E-state index contributed by atoms with van der Waals surface area (Å²) in [6.45, 7) is 9.37. The van der Waals surface area contributed by atoms with Crippen molar-refractivity contribution in [3.8, 4) is 0 Å². The number of unbranched alkanes of at least 4 members (excludes halogenated alkanes) is 1. The van der Waals surface area contributed by atoms with E-state index < -0.39 is 0 Å². The third kappa shape index (κ3) is 7.55. The zero-order chi connectivity index (χ0) is 11.7. The molecule has 0 aromatic carbocycles. The van der Waals surface area contributed by atoms with E-state index in [1.807, 2.05) is 6.92 Å². The van der Waals surface area contributed by atoms with Gasteiger partial charge in [0.25, 0.3) is 0 Å². The first kappa shape index (κ1) is 14.6. The average Bonchev–Trinajstić information content (AvgIpc) is 2.22. The lowest BCUT2D eigenvalue weighted by atomic mass is 10.0. The van der Waals surface area contributed by atoms with Crippen molar-refractivity contribution in [2.45, 2.75) is 53.4 Å². The fraction of sp³-hybridized carbons (Fsp3) is 0.923. The van der Waals surface area contributed by atoms with Gasteiger partial charge in [-0.25, -0.2) is 0 Å². The van der Waals surface area contributed by atoms with Crippen molar-refractivity contribution in [2.24, 2.45) is 11.8 Å². The standard InChI is InChI=1S/C13H26O2/c1-5-7-8-13(6-2)10-15-9-11(3)12(4)14/h11,13H,5-10H2,1-4H3. The van der Waals surface area contributed by atoms with E-state index in [0.29, 0.717) is 12.5 Å². The number of hydrogen-bond donors (Lipinski definition) is 0. The van der Waals surface area contributed by atoms with Crippen molar-refractivity contribution in [3.05, 3.63) is 0 Å². The number of hydrogen-bond acceptors (Lipinski definition) is 2. The van der Waals surface area contributed by atoms with Gasteiger partial charge in [0, 0.05) is 12.5 Å². The maximum absolute atomic E-state index is 11.0. The Kier molecular flexibility index (Phi) is 8.68. The lowest BCUT2D eigenvalue weighted by Crippen LogP contribution is -2.17. The second-order valence-corrected chi connectivity index (χ2v) is 4.47. The normalized spacial score (nSPS) is 14.9. The van der Waals surface area contributed by atoms with Crippen molar-refractivity contribution in [2.75, 3.05) is 13.2 Å². The number of carbonyl (C=O) groups is 1. The molecule has 0 N–H and O–H groups in total. The minimum Gasteiger partial charge on any atom is -0.380 e. The summed E-state index contributed by atoms with van der Waals surface area (Å²) in [7, 11) is 0. The number of carbonyl (C=O) groups excluding carboxylic acids is 1. The molecule has 0 heterocycles. The smallest absolute Gasteiger partial charge is 0.134 e. The van der Waals surface area contributed by atoms with E-state index in [0.717, 1.165) is 6.61 Å². The summed E-state index contributed by atoms with van der Waals surface area (Å²) in [4.78, 5) is 11.0. The molecular formula is C13H26O2. The quantitative estimate of drug-likeness (QED) is 0.587. The van der Waals surface area contributed by atoms with Gasteiger partial charge in [-0.15, -0.1) is 0 Å². The third-order valence-electron chi connectivity index (χ3n) is 2.96. The molecule has 2 unspecified atom stereocenters. The molecule has 0 aliphatic carbocycles. The van der Waals surface area contributed by atoms with Crippen LogP contribution in [0, 0.1) is 11.8 Å². The van der Waals surface area contributed by atoms with Gasteiger partial charge in [0.2, 0.25) is 0 Å². The number of ketones is 1. The van der Waals surface area contributed by atoms with Gasteiger partial charge in [-0.1, -0.05) is 40.0 Å². The molecular weight excluding hydrogens is 188 g/mol. The van der Waals surface area contributed by atoms with E-state index in [1.165, 1.54) is 25.7 Å². The number of Topliss-reactive ketones (excluding diaryl/α,β-unsaturated/α-hetero) is 1. The van der Waals surface area contributed by atoms with Crippen molar-refractivity contribution in [3.63, 3.8) is 0 Å². The largest absolute Gasteiger partial charge is 0.380 e. The van der Waals surface area contributed by atoms with Crippen LogP contribution in [0.3, 0.4) is 0 Å². The molecule has 0 aromatic rings. The SMILES string of the molecule is CCCCC(CC)COCC(C)C(C)=O. The molecule has 0 aliphatic rings. The molecule has 0 rings (SSSR count). The first-order valence-corrected chi connectivity index (χ1v) is 6.19. The summed E-state index contributed by atoms with van der Waals surface area (Å²) >= 11 is 0. The van der Waals surface area contributed by atoms with Crippen LogP contribution in [0.15, 0.2) is 0 Å². The fourth-order valence-electron chi connectivity index (χ4n) is 1.43. The first-order chi connectivity index (χ1) is 7.11. The molecule has 2 nitrogen and oxygen atoms in total. The number of ether oxygens (including phenoxy) is 1. The van der Waals surface area contributed by atoms with Crippen LogP contribution in [-0.2, 0) is 9.53 Å². The lowest BCUT2D eigenvalue weighted by Gasteiger charge is -2.16. The van der Waals surface area contributed by atoms with Crippen LogP contribution in [0.25, 0.3) is 0 Å². The van der Waals surface area contributed by atoms with Crippen LogP contribution in [0.5, 0.6) is 0 Å². The molecule has 0 saturated carbocycles. The van der Waals surface area contributed by atoms with Crippen LogP contribution in [0.4, 0.5) is 0 Å². The monoisotopic (exact) mass is 214 g/mol. The Bertz CT molecular complexity index is 166. The zero-order valence-corrected chi connectivity index (χ0v) is 10.7. The minimum atomic E-state index is 0.0497. The highest BCUT2D eigenvalue weighted by Gasteiger charge is 2.10. The summed E-state index contributed by atoms with van der Waals surface area (Å²) in [5, 5.41) is 0. The van der Waals surface area contributed by atoms with Crippen molar-refractivity contribution in [1.82, 2.24) is 0 Å². The highest BCUT2D eigenvalue weighted by Crippen LogP contribution is 2.13. The molecule has 90 valence electrons. The highest BCUT2D eigenvalue weighted by molar-refractivity contribution is 5.77. The van der Waals surface area contributed by atoms with Crippen LogP contribution >= 0.6 is 0 Å². The summed E-state index contributed by atoms with van der Waals surface area (Å²) in [5.74, 6) is 0.939.